The van der Waals surface area contributed by atoms with Crippen molar-refractivity contribution in [3.05, 3.63) is 17.5 Å². The highest BCUT2D eigenvalue weighted by atomic mass is 32.2. The first-order valence-corrected chi connectivity index (χ1v) is 7.16. The molecule has 2 heterocycles. The number of aryl methyl sites for hydroxylation is 2. The summed E-state index contributed by atoms with van der Waals surface area (Å²) in [5, 5.41) is 8.95. The lowest BCUT2D eigenvalue weighted by molar-refractivity contribution is 0.667. The molecular formula is C12H20N4S. The predicted molar refractivity (Wildman–Crippen MR) is 73.4 cm³/mol. The normalized spacial score (nSPS) is 22.1. The summed E-state index contributed by atoms with van der Waals surface area (Å²) in [6.07, 6.45) is 4.21. The van der Waals surface area contributed by atoms with E-state index in [-0.39, 0.29) is 0 Å². The monoisotopic (exact) mass is 252 g/mol. The van der Waals surface area contributed by atoms with Crippen LogP contribution < -0.4 is 5.32 Å². The van der Waals surface area contributed by atoms with Crippen LogP contribution in [0.15, 0.2) is 11.2 Å². The van der Waals surface area contributed by atoms with Crippen LogP contribution in [-0.2, 0) is 20.0 Å². The molecule has 1 saturated heterocycles. The van der Waals surface area contributed by atoms with E-state index in [1.54, 1.807) is 0 Å². The van der Waals surface area contributed by atoms with E-state index in [4.69, 9.17) is 0 Å². The fraction of sp³-hybridized carbons (Fsp3) is 0.667. The van der Waals surface area contributed by atoms with Crippen LogP contribution in [0.3, 0.4) is 0 Å². The van der Waals surface area contributed by atoms with Crippen LogP contribution >= 0.6 is 11.8 Å². The van der Waals surface area contributed by atoms with E-state index in [2.05, 4.69) is 35.5 Å². The minimum Gasteiger partial charge on any atom is -0.361 e. The summed E-state index contributed by atoms with van der Waals surface area (Å²) in [7, 11) is 1.96. The molecule has 1 unspecified atom stereocenters. The summed E-state index contributed by atoms with van der Waals surface area (Å²) in [6.45, 7) is 5.08. The molecule has 1 aliphatic rings. The van der Waals surface area contributed by atoms with Crippen molar-refractivity contribution in [2.24, 2.45) is 12.0 Å². The van der Waals surface area contributed by atoms with E-state index >= 15 is 0 Å². The highest BCUT2D eigenvalue weighted by Gasteiger charge is 2.18. The Labute approximate surface area is 107 Å². The predicted octanol–water partition coefficient (Wildman–Crippen LogP) is 1.95. The first kappa shape index (κ1) is 12.5. The van der Waals surface area contributed by atoms with Gasteiger partial charge in [0.05, 0.1) is 12.2 Å². The summed E-state index contributed by atoms with van der Waals surface area (Å²) < 4.78 is 1.87. The van der Waals surface area contributed by atoms with Gasteiger partial charge in [0, 0.05) is 30.6 Å². The molecule has 0 amide bonds. The zero-order valence-corrected chi connectivity index (χ0v) is 11.5. The number of thioether (sulfide) groups is 1. The maximum Gasteiger partial charge on any atom is 0.157 e. The van der Waals surface area contributed by atoms with Crippen molar-refractivity contribution in [1.29, 1.82) is 0 Å². The number of nitrogens with one attached hydrogen (secondary N) is 1. The van der Waals surface area contributed by atoms with E-state index in [0.29, 0.717) is 6.04 Å². The molecule has 1 aromatic rings. The van der Waals surface area contributed by atoms with Crippen molar-refractivity contribution in [1.82, 2.24) is 15.1 Å². The maximum absolute atomic E-state index is 4.63. The zero-order chi connectivity index (χ0) is 12.3. The number of rotatable bonds is 4. The molecule has 17 heavy (non-hydrogen) atoms. The molecule has 1 aromatic heterocycles. The molecule has 94 valence electrons. The SMILES string of the molecule is CCc1nn(C)cc1CN=C1NC(CC)CS1. The van der Waals surface area contributed by atoms with Gasteiger partial charge < -0.3 is 5.32 Å². The Morgan fingerprint density at radius 3 is 3.06 bits per heavy atom. The van der Waals surface area contributed by atoms with E-state index < -0.39 is 0 Å². The summed E-state index contributed by atoms with van der Waals surface area (Å²) >= 11 is 1.83. The van der Waals surface area contributed by atoms with Crippen LogP contribution in [0.2, 0.25) is 0 Å². The van der Waals surface area contributed by atoms with E-state index in [1.807, 2.05) is 23.5 Å². The molecule has 1 atom stereocenters. The Balaban J connectivity index is 1.99. The third-order valence-electron chi connectivity index (χ3n) is 2.96. The van der Waals surface area contributed by atoms with Crippen molar-refractivity contribution < 1.29 is 0 Å². The van der Waals surface area contributed by atoms with Gasteiger partial charge in [0.25, 0.3) is 0 Å². The maximum atomic E-state index is 4.63. The molecule has 2 rings (SSSR count). The summed E-state index contributed by atoms with van der Waals surface area (Å²) in [4.78, 5) is 4.63. The molecule has 1 N–H and O–H groups in total. The Morgan fingerprint density at radius 1 is 1.59 bits per heavy atom. The molecule has 1 aliphatic heterocycles. The van der Waals surface area contributed by atoms with Gasteiger partial charge in [-0.25, -0.2) is 0 Å². The second-order valence-corrected chi connectivity index (χ2v) is 5.32. The van der Waals surface area contributed by atoms with Gasteiger partial charge in [-0.1, -0.05) is 25.6 Å². The van der Waals surface area contributed by atoms with Crippen LogP contribution in [0.25, 0.3) is 0 Å². The highest BCUT2D eigenvalue weighted by Crippen LogP contribution is 2.17. The van der Waals surface area contributed by atoms with Crippen molar-refractivity contribution in [3.8, 4) is 0 Å². The van der Waals surface area contributed by atoms with Gasteiger partial charge in [0.1, 0.15) is 0 Å². The van der Waals surface area contributed by atoms with Gasteiger partial charge in [-0.2, -0.15) is 5.10 Å². The minimum absolute atomic E-state index is 0.596. The van der Waals surface area contributed by atoms with Gasteiger partial charge in [-0.3, -0.25) is 9.67 Å². The molecule has 0 bridgehead atoms. The minimum atomic E-state index is 0.596. The van der Waals surface area contributed by atoms with Crippen LogP contribution in [0.1, 0.15) is 31.5 Å². The van der Waals surface area contributed by atoms with Crippen molar-refractivity contribution in [2.45, 2.75) is 39.3 Å². The van der Waals surface area contributed by atoms with Gasteiger partial charge in [-0.05, 0) is 12.8 Å². The Morgan fingerprint density at radius 2 is 2.41 bits per heavy atom. The van der Waals surface area contributed by atoms with Crippen LogP contribution in [0.4, 0.5) is 0 Å². The topological polar surface area (TPSA) is 42.2 Å². The number of aromatic nitrogens is 2. The van der Waals surface area contributed by atoms with Crippen LogP contribution in [0.5, 0.6) is 0 Å². The molecule has 1 fully saturated rings. The van der Waals surface area contributed by atoms with Crippen LogP contribution in [0, 0.1) is 0 Å². The summed E-state index contributed by atoms with van der Waals surface area (Å²) in [5.41, 5.74) is 2.40. The molecule has 0 spiro atoms. The van der Waals surface area contributed by atoms with Crippen molar-refractivity contribution in [2.75, 3.05) is 5.75 Å². The third kappa shape index (κ3) is 3.03. The number of nitrogens with zero attached hydrogens (tertiary/aromatic N) is 3. The first-order chi connectivity index (χ1) is 8.22. The molecule has 0 aromatic carbocycles. The summed E-state index contributed by atoms with van der Waals surface area (Å²) in [5.74, 6) is 1.14. The molecule has 0 radical (unpaired) electrons. The zero-order valence-electron chi connectivity index (χ0n) is 10.7. The number of hydrogen-bond donors (Lipinski definition) is 1. The van der Waals surface area contributed by atoms with Crippen molar-refractivity contribution in [3.63, 3.8) is 0 Å². The van der Waals surface area contributed by atoms with E-state index in [9.17, 15) is 0 Å². The van der Waals surface area contributed by atoms with Gasteiger partial charge in [0.15, 0.2) is 5.17 Å². The second-order valence-electron chi connectivity index (χ2n) is 4.31. The van der Waals surface area contributed by atoms with E-state index in [0.717, 1.165) is 29.6 Å². The van der Waals surface area contributed by atoms with Gasteiger partial charge in [-0.15, -0.1) is 0 Å². The van der Waals surface area contributed by atoms with Gasteiger partial charge in [0.2, 0.25) is 0 Å². The summed E-state index contributed by atoms with van der Waals surface area (Å²) in [6, 6.07) is 0.596. The molecule has 0 saturated carbocycles. The third-order valence-corrected chi connectivity index (χ3v) is 4.05. The molecular weight excluding hydrogens is 232 g/mol. The average Bonchev–Trinajstić information content (AvgIpc) is 2.92. The van der Waals surface area contributed by atoms with E-state index in [1.165, 1.54) is 12.0 Å². The lowest BCUT2D eigenvalue weighted by Crippen LogP contribution is -2.25. The number of hydrogen-bond acceptors (Lipinski definition) is 3. The quantitative estimate of drug-likeness (QED) is 0.890. The molecule has 4 nitrogen and oxygen atoms in total. The fourth-order valence-corrected chi connectivity index (χ4v) is 3.00. The lowest BCUT2D eigenvalue weighted by Gasteiger charge is -2.04. The standard InChI is InChI=1S/C12H20N4S/c1-4-10-8-17-12(14-10)13-6-9-7-16(3)15-11(9)5-2/h7,10H,4-6,8H2,1-3H3,(H,13,14). The lowest BCUT2D eigenvalue weighted by atomic mass is 10.2. The van der Waals surface area contributed by atoms with Gasteiger partial charge >= 0.3 is 0 Å². The first-order valence-electron chi connectivity index (χ1n) is 6.18. The Bertz CT molecular complexity index is 411. The fourth-order valence-electron chi connectivity index (χ4n) is 1.92. The molecule has 5 heteroatoms. The average molecular weight is 252 g/mol. The Kier molecular flexibility index (Phi) is 4.10. The van der Waals surface area contributed by atoms with Crippen LogP contribution in [-0.4, -0.2) is 26.7 Å². The van der Waals surface area contributed by atoms with Crippen molar-refractivity contribution >= 4 is 16.9 Å². The Hall–Kier alpha value is -0.970. The largest absolute Gasteiger partial charge is 0.361 e. The number of amidine groups is 1. The highest BCUT2D eigenvalue weighted by molar-refractivity contribution is 8.14. The second kappa shape index (κ2) is 5.58. The number of aliphatic imine (C=N–C) groups is 1. The smallest absolute Gasteiger partial charge is 0.157 e. The molecule has 0 aliphatic carbocycles.